The normalized spacial score (nSPS) is 14.5. The summed E-state index contributed by atoms with van der Waals surface area (Å²) < 4.78 is 5.24. The van der Waals surface area contributed by atoms with Crippen LogP contribution in [0.2, 0.25) is 0 Å². The van der Waals surface area contributed by atoms with Gasteiger partial charge in [-0.2, -0.15) is 0 Å². The van der Waals surface area contributed by atoms with E-state index in [0.717, 1.165) is 11.1 Å². The van der Waals surface area contributed by atoms with Crippen molar-refractivity contribution in [1.29, 1.82) is 0 Å². The van der Waals surface area contributed by atoms with Crippen LogP contribution in [0.5, 0.6) is 0 Å². The number of aliphatic hydroxyl groups is 2. The number of carbonyl (C=O) groups excluding carboxylic acids is 1. The molecule has 0 radical (unpaired) electrons. The van der Waals surface area contributed by atoms with E-state index in [-0.39, 0.29) is 12.5 Å². The van der Waals surface area contributed by atoms with Gasteiger partial charge >= 0.3 is 6.09 Å². The van der Waals surface area contributed by atoms with E-state index in [9.17, 15) is 15.0 Å². The molecule has 0 aliphatic heterocycles. The van der Waals surface area contributed by atoms with Crippen LogP contribution >= 0.6 is 0 Å². The van der Waals surface area contributed by atoms with Gasteiger partial charge in [0.2, 0.25) is 0 Å². The van der Waals surface area contributed by atoms with Crippen molar-refractivity contribution in [2.24, 2.45) is 5.92 Å². The number of nitrogens with one attached hydrogen (secondary N) is 1. The lowest BCUT2D eigenvalue weighted by Gasteiger charge is -2.29. The van der Waals surface area contributed by atoms with Crippen LogP contribution in [0.1, 0.15) is 25.0 Å². The second-order valence-corrected chi connectivity index (χ2v) is 6.73. The standard InChI is InChI=1S/C21H27NO4/c1-15(2)19(23)20(24)18(13-16-9-5-3-6-10-16)22-21(25)26-14-17-11-7-4-8-12-17/h3-12,15,18-20,23-24H,13-14H2,1-2H3,(H,22,25)/t18-,19+,20+/m0/s1. The molecule has 5 nitrogen and oxygen atoms in total. The van der Waals surface area contributed by atoms with Crippen molar-refractivity contribution in [2.75, 3.05) is 0 Å². The summed E-state index contributed by atoms with van der Waals surface area (Å²) >= 11 is 0. The van der Waals surface area contributed by atoms with Gasteiger partial charge in [-0.05, 0) is 23.5 Å². The Morgan fingerprint density at radius 2 is 1.46 bits per heavy atom. The van der Waals surface area contributed by atoms with Crippen molar-refractivity contribution in [3.63, 3.8) is 0 Å². The molecule has 2 rings (SSSR count). The highest BCUT2D eigenvalue weighted by atomic mass is 16.5. The minimum Gasteiger partial charge on any atom is -0.445 e. The average molecular weight is 357 g/mol. The van der Waals surface area contributed by atoms with Crippen LogP contribution in [0.4, 0.5) is 4.79 Å². The van der Waals surface area contributed by atoms with Gasteiger partial charge in [-0.15, -0.1) is 0 Å². The van der Waals surface area contributed by atoms with Crippen LogP contribution < -0.4 is 5.32 Å². The summed E-state index contributed by atoms with van der Waals surface area (Å²) in [6.45, 7) is 3.79. The molecule has 0 aromatic heterocycles. The first-order valence-corrected chi connectivity index (χ1v) is 8.84. The predicted octanol–water partition coefficient (Wildman–Crippen LogP) is 2.90. The fourth-order valence-electron chi connectivity index (χ4n) is 2.67. The summed E-state index contributed by atoms with van der Waals surface area (Å²) in [7, 11) is 0. The Bertz CT molecular complexity index is 660. The van der Waals surface area contributed by atoms with E-state index in [1.807, 2.05) is 74.5 Å². The van der Waals surface area contributed by atoms with Crippen molar-refractivity contribution in [3.8, 4) is 0 Å². The Labute approximate surface area is 154 Å². The van der Waals surface area contributed by atoms with Gasteiger partial charge in [-0.25, -0.2) is 4.79 Å². The molecule has 0 unspecified atom stereocenters. The number of ether oxygens (including phenoxy) is 1. The first-order chi connectivity index (χ1) is 12.5. The van der Waals surface area contributed by atoms with Gasteiger partial charge in [0.05, 0.1) is 12.1 Å². The third-order valence-corrected chi connectivity index (χ3v) is 4.26. The summed E-state index contributed by atoms with van der Waals surface area (Å²) in [5.41, 5.74) is 1.83. The molecule has 0 aliphatic carbocycles. The Kier molecular flexibility index (Phi) is 7.63. The van der Waals surface area contributed by atoms with E-state index in [1.165, 1.54) is 0 Å². The lowest BCUT2D eigenvalue weighted by Crippen LogP contribution is -2.51. The molecule has 1 amide bonds. The van der Waals surface area contributed by atoms with E-state index in [2.05, 4.69) is 5.32 Å². The highest BCUT2D eigenvalue weighted by molar-refractivity contribution is 5.67. The molecule has 3 N–H and O–H groups in total. The fourth-order valence-corrected chi connectivity index (χ4v) is 2.67. The van der Waals surface area contributed by atoms with Gasteiger partial charge in [0.15, 0.2) is 0 Å². The van der Waals surface area contributed by atoms with E-state index >= 15 is 0 Å². The van der Waals surface area contributed by atoms with Crippen molar-refractivity contribution >= 4 is 6.09 Å². The molecular formula is C21H27NO4. The second-order valence-electron chi connectivity index (χ2n) is 6.73. The molecule has 0 spiro atoms. The number of amides is 1. The van der Waals surface area contributed by atoms with Crippen molar-refractivity contribution in [1.82, 2.24) is 5.32 Å². The molecule has 3 atom stereocenters. The maximum Gasteiger partial charge on any atom is 0.407 e. The second kappa shape index (κ2) is 9.94. The van der Waals surface area contributed by atoms with Crippen LogP contribution in [0.25, 0.3) is 0 Å². The summed E-state index contributed by atoms with van der Waals surface area (Å²) in [5.74, 6) is -0.134. The van der Waals surface area contributed by atoms with Gasteiger partial charge < -0.3 is 20.3 Å². The fraction of sp³-hybridized carbons (Fsp3) is 0.381. The Hall–Kier alpha value is -2.37. The molecule has 0 saturated heterocycles. The number of hydrogen-bond donors (Lipinski definition) is 3. The Morgan fingerprint density at radius 1 is 0.923 bits per heavy atom. The van der Waals surface area contributed by atoms with Crippen LogP contribution in [0, 0.1) is 5.92 Å². The molecule has 140 valence electrons. The summed E-state index contributed by atoms with van der Waals surface area (Å²) in [6.07, 6.45) is -2.27. The van der Waals surface area contributed by atoms with E-state index in [4.69, 9.17) is 4.74 Å². The first kappa shape index (κ1) is 19.9. The molecular weight excluding hydrogens is 330 g/mol. The summed E-state index contributed by atoms with van der Waals surface area (Å²) in [6, 6.07) is 18.2. The molecule has 5 heteroatoms. The topological polar surface area (TPSA) is 78.8 Å². The predicted molar refractivity (Wildman–Crippen MR) is 101 cm³/mol. The number of carbonyl (C=O) groups is 1. The van der Waals surface area contributed by atoms with Gasteiger partial charge in [-0.1, -0.05) is 74.5 Å². The largest absolute Gasteiger partial charge is 0.445 e. The van der Waals surface area contributed by atoms with Crippen LogP contribution in [0.3, 0.4) is 0 Å². The molecule has 2 aromatic rings. The first-order valence-electron chi connectivity index (χ1n) is 8.84. The number of benzene rings is 2. The number of rotatable bonds is 8. The highest BCUT2D eigenvalue weighted by Gasteiger charge is 2.30. The quantitative estimate of drug-likeness (QED) is 0.679. The van der Waals surface area contributed by atoms with Crippen molar-refractivity contribution in [2.45, 2.75) is 45.1 Å². The van der Waals surface area contributed by atoms with E-state index in [1.54, 1.807) is 0 Å². The zero-order valence-corrected chi connectivity index (χ0v) is 15.2. The van der Waals surface area contributed by atoms with Gasteiger partial charge in [0.25, 0.3) is 0 Å². The number of hydrogen-bond acceptors (Lipinski definition) is 4. The lowest BCUT2D eigenvalue weighted by atomic mass is 9.92. The third-order valence-electron chi connectivity index (χ3n) is 4.26. The third kappa shape index (κ3) is 6.17. The van der Waals surface area contributed by atoms with Crippen LogP contribution in [-0.2, 0) is 17.8 Å². The molecule has 0 heterocycles. The van der Waals surface area contributed by atoms with Gasteiger partial charge in [-0.3, -0.25) is 0 Å². The molecule has 2 aromatic carbocycles. The smallest absolute Gasteiger partial charge is 0.407 e. The van der Waals surface area contributed by atoms with E-state index < -0.39 is 24.3 Å². The Balaban J connectivity index is 2.01. The zero-order valence-electron chi connectivity index (χ0n) is 15.2. The lowest BCUT2D eigenvalue weighted by molar-refractivity contribution is -0.0279. The summed E-state index contributed by atoms with van der Waals surface area (Å²) in [5, 5.41) is 23.4. The maximum absolute atomic E-state index is 12.2. The monoisotopic (exact) mass is 357 g/mol. The van der Waals surface area contributed by atoms with E-state index in [0.29, 0.717) is 6.42 Å². The highest BCUT2D eigenvalue weighted by Crippen LogP contribution is 2.14. The number of aliphatic hydroxyl groups excluding tert-OH is 2. The van der Waals surface area contributed by atoms with Crippen LogP contribution in [-0.4, -0.2) is 34.6 Å². The van der Waals surface area contributed by atoms with Crippen molar-refractivity contribution in [3.05, 3.63) is 71.8 Å². The van der Waals surface area contributed by atoms with Crippen LogP contribution in [0.15, 0.2) is 60.7 Å². The Morgan fingerprint density at radius 3 is 2.00 bits per heavy atom. The molecule has 0 aliphatic rings. The maximum atomic E-state index is 12.2. The van der Waals surface area contributed by atoms with Crippen molar-refractivity contribution < 1.29 is 19.7 Å². The average Bonchev–Trinajstić information content (AvgIpc) is 2.66. The zero-order chi connectivity index (χ0) is 18.9. The summed E-state index contributed by atoms with van der Waals surface area (Å²) in [4.78, 5) is 12.2. The molecule has 0 fully saturated rings. The van der Waals surface area contributed by atoms with Gasteiger partial charge in [0, 0.05) is 0 Å². The number of alkyl carbamates (subject to hydrolysis) is 1. The minimum atomic E-state index is -1.10. The minimum absolute atomic E-state index is 0.134. The molecule has 0 saturated carbocycles. The van der Waals surface area contributed by atoms with Gasteiger partial charge in [0.1, 0.15) is 12.7 Å². The SMILES string of the molecule is CC(C)[C@@H](O)[C@H](O)[C@H](Cc1ccccc1)NC(=O)OCc1ccccc1. The molecule has 0 bridgehead atoms. The molecule has 26 heavy (non-hydrogen) atoms.